The molecule has 0 unspecified atom stereocenters. The molecule has 0 saturated carbocycles. The van der Waals surface area contributed by atoms with Gasteiger partial charge in [0, 0.05) is 18.9 Å². The molecular formula is C14H12FN3O2. The smallest absolute Gasteiger partial charge is 0.299 e. The van der Waals surface area contributed by atoms with Gasteiger partial charge in [-0.3, -0.25) is 14.3 Å². The number of anilines is 1. The predicted molar refractivity (Wildman–Crippen MR) is 70.0 cm³/mol. The van der Waals surface area contributed by atoms with Crippen molar-refractivity contribution in [3.8, 4) is 0 Å². The quantitative estimate of drug-likeness (QED) is 0.797. The van der Waals surface area contributed by atoms with E-state index < -0.39 is 17.5 Å². The Labute approximate surface area is 114 Å². The summed E-state index contributed by atoms with van der Waals surface area (Å²) in [6.07, 6.45) is 3.36. The Kier molecular flexibility index (Phi) is 2.85. The number of nitrogens with zero attached hydrogens (tertiary/aromatic N) is 3. The van der Waals surface area contributed by atoms with E-state index in [2.05, 4.69) is 5.10 Å². The fourth-order valence-electron chi connectivity index (χ4n) is 2.37. The lowest BCUT2D eigenvalue weighted by Gasteiger charge is -2.17. The third-order valence-corrected chi connectivity index (χ3v) is 3.27. The minimum absolute atomic E-state index is 0.0813. The van der Waals surface area contributed by atoms with Crippen molar-refractivity contribution in [3.63, 3.8) is 0 Å². The molecule has 0 fully saturated rings. The van der Waals surface area contributed by atoms with E-state index in [4.69, 9.17) is 0 Å². The van der Waals surface area contributed by atoms with E-state index in [0.717, 1.165) is 0 Å². The number of carbonyl (C=O) groups is 2. The van der Waals surface area contributed by atoms with Crippen molar-refractivity contribution >= 4 is 17.4 Å². The summed E-state index contributed by atoms with van der Waals surface area (Å²) in [5.41, 5.74) is 0.849. The monoisotopic (exact) mass is 273 g/mol. The second kappa shape index (κ2) is 4.56. The molecule has 0 bridgehead atoms. The number of ketones is 1. The number of Topliss-reactive ketones (excluding diaryl/α,β-unsaturated/α-hetero) is 1. The molecule has 0 radical (unpaired) electrons. The molecule has 0 aliphatic carbocycles. The van der Waals surface area contributed by atoms with E-state index >= 15 is 0 Å². The van der Waals surface area contributed by atoms with Gasteiger partial charge in [0.05, 0.1) is 17.8 Å². The highest BCUT2D eigenvalue weighted by Gasteiger charge is 2.38. The minimum Gasteiger partial charge on any atom is -0.300 e. The van der Waals surface area contributed by atoms with E-state index in [1.807, 2.05) is 0 Å². The molecule has 20 heavy (non-hydrogen) atoms. The van der Waals surface area contributed by atoms with E-state index in [0.29, 0.717) is 12.1 Å². The number of rotatable bonds is 3. The molecule has 102 valence electrons. The molecule has 1 aromatic carbocycles. The Morgan fingerprint density at radius 2 is 2.05 bits per heavy atom. The van der Waals surface area contributed by atoms with Crippen LogP contribution in [0.4, 0.5) is 10.1 Å². The maximum atomic E-state index is 14.0. The Bertz CT molecular complexity index is 695. The molecule has 3 rings (SSSR count). The van der Waals surface area contributed by atoms with Gasteiger partial charge >= 0.3 is 0 Å². The zero-order valence-electron chi connectivity index (χ0n) is 10.8. The van der Waals surface area contributed by atoms with Crippen molar-refractivity contribution in [2.45, 2.75) is 13.5 Å². The van der Waals surface area contributed by atoms with Crippen LogP contribution in [0.3, 0.4) is 0 Å². The van der Waals surface area contributed by atoms with E-state index in [1.54, 1.807) is 36.1 Å². The average Bonchev–Trinajstić information content (AvgIpc) is 2.98. The summed E-state index contributed by atoms with van der Waals surface area (Å²) >= 11 is 0. The molecule has 0 atom stereocenters. The van der Waals surface area contributed by atoms with Crippen LogP contribution in [0.1, 0.15) is 15.9 Å². The lowest BCUT2D eigenvalue weighted by atomic mass is 10.1. The molecule has 6 heteroatoms. The van der Waals surface area contributed by atoms with E-state index in [9.17, 15) is 14.0 Å². The van der Waals surface area contributed by atoms with Crippen LogP contribution in [0.2, 0.25) is 0 Å². The third-order valence-electron chi connectivity index (χ3n) is 3.27. The summed E-state index contributed by atoms with van der Waals surface area (Å²) in [6.45, 7) is 2.30. The first kappa shape index (κ1) is 12.5. The van der Waals surface area contributed by atoms with Crippen molar-refractivity contribution in [2.75, 3.05) is 11.4 Å². The Balaban J connectivity index is 1.93. The van der Waals surface area contributed by atoms with Crippen LogP contribution in [-0.2, 0) is 11.3 Å². The van der Waals surface area contributed by atoms with Crippen molar-refractivity contribution in [3.05, 3.63) is 47.5 Å². The number of aromatic nitrogens is 2. The van der Waals surface area contributed by atoms with Crippen LogP contribution in [-0.4, -0.2) is 28.0 Å². The molecule has 1 aliphatic rings. The largest absolute Gasteiger partial charge is 0.300 e. The predicted octanol–water partition coefficient (Wildman–Crippen LogP) is 1.56. The summed E-state index contributed by atoms with van der Waals surface area (Å²) in [5, 5.41) is 4.01. The lowest BCUT2D eigenvalue weighted by molar-refractivity contribution is -0.114. The van der Waals surface area contributed by atoms with Crippen LogP contribution in [0.5, 0.6) is 0 Å². The highest BCUT2D eigenvalue weighted by molar-refractivity contribution is 6.52. The molecule has 0 spiro atoms. The number of halogens is 1. The first-order valence-electron chi connectivity index (χ1n) is 6.21. The van der Waals surface area contributed by atoms with Crippen LogP contribution in [0, 0.1) is 12.7 Å². The van der Waals surface area contributed by atoms with Gasteiger partial charge in [-0.05, 0) is 30.7 Å². The lowest BCUT2D eigenvalue weighted by Crippen LogP contribution is -2.33. The van der Waals surface area contributed by atoms with Crippen molar-refractivity contribution in [1.29, 1.82) is 0 Å². The fraction of sp³-hybridized carbons (Fsp3) is 0.214. The zero-order valence-corrected chi connectivity index (χ0v) is 10.8. The van der Waals surface area contributed by atoms with Gasteiger partial charge < -0.3 is 4.90 Å². The average molecular weight is 273 g/mol. The molecule has 5 nitrogen and oxygen atoms in total. The highest BCUT2D eigenvalue weighted by atomic mass is 19.1. The van der Waals surface area contributed by atoms with Gasteiger partial charge in [0.1, 0.15) is 5.82 Å². The van der Waals surface area contributed by atoms with Gasteiger partial charge in [-0.15, -0.1) is 0 Å². The zero-order chi connectivity index (χ0) is 14.3. The number of carbonyl (C=O) groups excluding carboxylic acids is 2. The number of benzene rings is 1. The maximum absolute atomic E-state index is 14.0. The van der Waals surface area contributed by atoms with Crippen LogP contribution in [0.15, 0.2) is 30.6 Å². The number of aryl methyl sites for hydroxylation is 1. The number of hydrogen-bond acceptors (Lipinski definition) is 3. The van der Waals surface area contributed by atoms with Gasteiger partial charge in [0.25, 0.3) is 11.7 Å². The standard InChI is InChI=1S/C14H12FN3O2/c1-9-7-10-12(11(15)8-9)18(14(20)13(10)19)6-5-17-4-2-3-16-17/h2-4,7-8H,5-6H2,1H3. The van der Waals surface area contributed by atoms with Gasteiger partial charge in [-0.25, -0.2) is 4.39 Å². The normalized spacial score (nSPS) is 14.0. The van der Waals surface area contributed by atoms with Gasteiger partial charge in [0.15, 0.2) is 0 Å². The molecule has 0 saturated heterocycles. The topological polar surface area (TPSA) is 55.2 Å². The molecule has 1 amide bonds. The summed E-state index contributed by atoms with van der Waals surface area (Å²) in [7, 11) is 0. The minimum atomic E-state index is -0.684. The van der Waals surface area contributed by atoms with Crippen LogP contribution >= 0.6 is 0 Å². The number of fused-ring (bicyclic) bond motifs is 1. The molecule has 0 N–H and O–H groups in total. The first-order chi connectivity index (χ1) is 9.58. The maximum Gasteiger partial charge on any atom is 0.299 e. The number of hydrogen-bond donors (Lipinski definition) is 0. The van der Waals surface area contributed by atoms with E-state index in [1.165, 1.54) is 11.0 Å². The summed E-state index contributed by atoms with van der Waals surface area (Å²) in [6, 6.07) is 4.63. The van der Waals surface area contributed by atoms with Gasteiger partial charge in [-0.2, -0.15) is 5.10 Å². The molecule has 1 aromatic heterocycles. The Morgan fingerprint density at radius 3 is 2.75 bits per heavy atom. The molecular weight excluding hydrogens is 261 g/mol. The molecule has 2 heterocycles. The van der Waals surface area contributed by atoms with Crippen molar-refractivity contribution in [2.24, 2.45) is 0 Å². The van der Waals surface area contributed by atoms with Crippen molar-refractivity contribution < 1.29 is 14.0 Å². The second-order valence-corrected chi connectivity index (χ2v) is 4.70. The van der Waals surface area contributed by atoms with Gasteiger partial charge in [0.2, 0.25) is 0 Å². The van der Waals surface area contributed by atoms with Gasteiger partial charge in [-0.1, -0.05) is 0 Å². The first-order valence-corrected chi connectivity index (χ1v) is 6.21. The van der Waals surface area contributed by atoms with Crippen LogP contribution < -0.4 is 4.90 Å². The SMILES string of the molecule is Cc1cc(F)c2c(c1)C(=O)C(=O)N2CCn1cccn1. The summed E-state index contributed by atoms with van der Waals surface area (Å²) < 4.78 is 15.7. The number of amides is 1. The second-order valence-electron chi connectivity index (χ2n) is 4.70. The molecule has 1 aliphatic heterocycles. The fourth-order valence-corrected chi connectivity index (χ4v) is 2.37. The third kappa shape index (κ3) is 1.89. The summed E-state index contributed by atoms with van der Waals surface area (Å²) in [4.78, 5) is 25.0. The van der Waals surface area contributed by atoms with Crippen LogP contribution in [0.25, 0.3) is 0 Å². The molecule has 2 aromatic rings. The van der Waals surface area contributed by atoms with E-state index in [-0.39, 0.29) is 17.8 Å². The highest BCUT2D eigenvalue weighted by Crippen LogP contribution is 2.32. The summed E-state index contributed by atoms with van der Waals surface area (Å²) in [5.74, 6) is -1.88. The Morgan fingerprint density at radius 1 is 1.25 bits per heavy atom. The Hall–Kier alpha value is -2.50. The van der Waals surface area contributed by atoms with Crippen molar-refractivity contribution in [1.82, 2.24) is 9.78 Å².